The molecule has 7 heteroatoms. The molecule has 2 aromatic heterocycles. The molecule has 0 aliphatic rings. The first-order valence-corrected chi connectivity index (χ1v) is 10.6. The second-order valence-corrected chi connectivity index (χ2v) is 8.41. The Balaban J connectivity index is 1.64. The van der Waals surface area contributed by atoms with E-state index < -0.39 is 6.09 Å². The molecule has 31 heavy (non-hydrogen) atoms. The topological polar surface area (TPSA) is 95.0 Å². The molecule has 0 spiro atoms. The molecule has 0 aliphatic carbocycles. The minimum atomic E-state index is -0.951. The van der Waals surface area contributed by atoms with Crippen molar-refractivity contribution < 1.29 is 9.90 Å². The summed E-state index contributed by atoms with van der Waals surface area (Å²) in [4.78, 5) is 21.7. The van der Waals surface area contributed by atoms with Crippen molar-refractivity contribution in [3.8, 4) is 6.07 Å². The summed E-state index contributed by atoms with van der Waals surface area (Å²) < 4.78 is 2.13. The van der Waals surface area contributed by atoms with Gasteiger partial charge in [-0.05, 0) is 61.4 Å². The molecule has 1 N–H and O–H groups in total. The summed E-state index contributed by atoms with van der Waals surface area (Å²) in [5.41, 5.74) is 4.09. The molecule has 0 saturated heterocycles. The Morgan fingerprint density at radius 1 is 1.32 bits per heavy atom. The molecule has 3 aromatic rings. The summed E-state index contributed by atoms with van der Waals surface area (Å²) in [5.74, 6) is 0. The van der Waals surface area contributed by atoms with Gasteiger partial charge in [0.25, 0.3) is 0 Å². The van der Waals surface area contributed by atoms with Gasteiger partial charge in [0.05, 0.1) is 40.9 Å². The fourth-order valence-corrected chi connectivity index (χ4v) is 3.91. The molecule has 1 atom stereocenters. The Labute approximate surface area is 183 Å². The van der Waals surface area contributed by atoms with Gasteiger partial charge >= 0.3 is 6.09 Å². The molecule has 1 amide bonds. The number of anilines is 1. The van der Waals surface area contributed by atoms with E-state index in [2.05, 4.69) is 34.5 Å². The molecule has 162 valence electrons. The summed E-state index contributed by atoms with van der Waals surface area (Å²) in [5, 5.41) is 18.8. The van der Waals surface area contributed by atoms with Gasteiger partial charge in [0.15, 0.2) is 0 Å². The van der Waals surface area contributed by atoms with Crippen LogP contribution in [-0.2, 0) is 6.54 Å². The number of nitriles is 1. The van der Waals surface area contributed by atoms with Crippen LogP contribution in [0, 0.1) is 23.7 Å². The number of pyridine rings is 1. The summed E-state index contributed by atoms with van der Waals surface area (Å²) in [7, 11) is 0. The van der Waals surface area contributed by atoms with Crippen molar-refractivity contribution in [2.75, 3.05) is 11.4 Å². The number of unbranched alkanes of at least 4 members (excludes halogenated alkanes) is 1. The molecule has 1 unspecified atom stereocenters. The highest BCUT2D eigenvalue weighted by Gasteiger charge is 2.24. The van der Waals surface area contributed by atoms with E-state index in [-0.39, 0.29) is 5.41 Å². The number of benzene rings is 1. The second kappa shape index (κ2) is 9.61. The maximum atomic E-state index is 11.8. The van der Waals surface area contributed by atoms with E-state index in [1.54, 1.807) is 18.5 Å². The molecular weight excluding hydrogens is 390 g/mol. The van der Waals surface area contributed by atoms with Crippen molar-refractivity contribution in [2.45, 2.75) is 53.0 Å². The number of aryl methyl sites for hydroxylation is 1. The minimum absolute atomic E-state index is 0.0501. The number of nitrogens with zero attached hydrogens (tertiary/aromatic N) is 5. The zero-order chi connectivity index (χ0) is 22.4. The van der Waals surface area contributed by atoms with E-state index in [1.165, 1.54) is 4.90 Å². The zero-order valence-electron chi connectivity index (χ0n) is 18.4. The Kier molecular flexibility index (Phi) is 6.91. The molecule has 0 saturated carbocycles. The lowest BCUT2D eigenvalue weighted by atomic mass is 9.82. The molecule has 0 aliphatic heterocycles. The van der Waals surface area contributed by atoms with Crippen LogP contribution < -0.4 is 4.90 Å². The van der Waals surface area contributed by atoms with Crippen LogP contribution in [-0.4, -0.2) is 32.3 Å². The van der Waals surface area contributed by atoms with Crippen LogP contribution in [0.5, 0.6) is 0 Å². The van der Waals surface area contributed by atoms with Crippen molar-refractivity contribution in [3.05, 3.63) is 54.1 Å². The molecule has 0 fully saturated rings. The third-order valence-corrected chi connectivity index (χ3v) is 6.10. The van der Waals surface area contributed by atoms with Gasteiger partial charge in [0.1, 0.15) is 0 Å². The van der Waals surface area contributed by atoms with Crippen molar-refractivity contribution in [1.82, 2.24) is 14.5 Å². The highest BCUT2D eigenvalue weighted by molar-refractivity contribution is 5.86. The number of aromatic nitrogens is 3. The number of rotatable bonds is 9. The Morgan fingerprint density at radius 3 is 2.81 bits per heavy atom. The van der Waals surface area contributed by atoms with Gasteiger partial charge in [-0.1, -0.05) is 20.3 Å². The second-order valence-electron chi connectivity index (χ2n) is 8.41. The number of amides is 1. The van der Waals surface area contributed by atoms with Gasteiger partial charge in [0, 0.05) is 19.3 Å². The number of imidazole rings is 1. The van der Waals surface area contributed by atoms with Crippen LogP contribution in [0.4, 0.5) is 10.5 Å². The summed E-state index contributed by atoms with van der Waals surface area (Å²) >= 11 is 0. The Morgan fingerprint density at radius 2 is 2.13 bits per heavy atom. The van der Waals surface area contributed by atoms with Gasteiger partial charge in [-0.2, -0.15) is 5.26 Å². The van der Waals surface area contributed by atoms with E-state index >= 15 is 0 Å². The molecule has 3 rings (SSSR count). The highest BCUT2D eigenvalue weighted by Crippen LogP contribution is 2.32. The smallest absolute Gasteiger partial charge is 0.411 e. The average molecular weight is 420 g/mol. The quantitative estimate of drug-likeness (QED) is 0.470. The molecule has 2 heterocycles. The maximum absolute atomic E-state index is 11.8. The first-order chi connectivity index (χ1) is 14.9. The van der Waals surface area contributed by atoms with E-state index in [1.807, 2.05) is 31.5 Å². The third-order valence-electron chi connectivity index (χ3n) is 6.10. The maximum Gasteiger partial charge on any atom is 0.411 e. The largest absolute Gasteiger partial charge is 0.465 e. The van der Waals surface area contributed by atoms with Gasteiger partial charge in [-0.25, -0.2) is 9.78 Å². The van der Waals surface area contributed by atoms with Crippen molar-refractivity contribution in [1.29, 1.82) is 5.26 Å². The zero-order valence-corrected chi connectivity index (χ0v) is 18.4. The third kappa shape index (κ3) is 5.21. The van der Waals surface area contributed by atoms with Crippen LogP contribution in [0.3, 0.4) is 0 Å². The van der Waals surface area contributed by atoms with E-state index in [0.717, 1.165) is 48.8 Å². The van der Waals surface area contributed by atoms with Crippen molar-refractivity contribution in [3.63, 3.8) is 0 Å². The summed E-state index contributed by atoms with van der Waals surface area (Å²) in [6, 6.07) is 9.58. The van der Waals surface area contributed by atoms with E-state index in [0.29, 0.717) is 17.8 Å². The van der Waals surface area contributed by atoms with Gasteiger partial charge < -0.3 is 9.67 Å². The SMILES string of the molecule is CCC(C)(CCCCN(C(=O)O)c1cnccc1C)Cn1cnc2ccc(C#N)cc21. The lowest BCUT2D eigenvalue weighted by Crippen LogP contribution is -2.31. The van der Waals surface area contributed by atoms with Crippen LogP contribution in [0.2, 0.25) is 0 Å². The fraction of sp³-hybridized carbons (Fsp3) is 0.417. The monoisotopic (exact) mass is 419 g/mol. The Bertz CT molecular complexity index is 1100. The first-order valence-electron chi connectivity index (χ1n) is 10.6. The van der Waals surface area contributed by atoms with Crippen LogP contribution in [0.15, 0.2) is 43.0 Å². The molecule has 1 aromatic carbocycles. The average Bonchev–Trinajstić information content (AvgIpc) is 3.16. The fourth-order valence-electron chi connectivity index (χ4n) is 3.91. The Hall–Kier alpha value is -3.40. The van der Waals surface area contributed by atoms with Gasteiger partial charge in [-0.3, -0.25) is 9.88 Å². The molecular formula is C24H29N5O2. The van der Waals surface area contributed by atoms with Gasteiger partial charge in [0.2, 0.25) is 0 Å². The van der Waals surface area contributed by atoms with Crippen LogP contribution in [0.25, 0.3) is 11.0 Å². The molecule has 0 bridgehead atoms. The molecule has 7 nitrogen and oxygen atoms in total. The van der Waals surface area contributed by atoms with Gasteiger partial charge in [-0.15, -0.1) is 0 Å². The predicted molar refractivity (Wildman–Crippen MR) is 121 cm³/mol. The standard InChI is InChI=1S/C24H29N5O2/c1-4-24(3,16-28-17-27-20-8-7-19(14-25)13-21(20)28)10-5-6-12-29(23(30)31)22-15-26-11-9-18(22)2/h7-9,11,13,15,17H,4-6,10,12,16H2,1-3H3,(H,30,31). The number of hydrogen-bond donors (Lipinski definition) is 1. The summed E-state index contributed by atoms with van der Waals surface area (Å²) in [6.45, 7) is 7.59. The molecule has 0 radical (unpaired) electrons. The van der Waals surface area contributed by atoms with Crippen molar-refractivity contribution >= 4 is 22.8 Å². The number of carbonyl (C=O) groups is 1. The minimum Gasteiger partial charge on any atom is -0.465 e. The normalized spacial score (nSPS) is 13.0. The number of hydrogen-bond acceptors (Lipinski definition) is 4. The summed E-state index contributed by atoms with van der Waals surface area (Å²) in [6.07, 6.45) is 7.84. The lowest BCUT2D eigenvalue weighted by molar-refractivity contribution is 0.201. The first kappa shape index (κ1) is 22.3. The predicted octanol–water partition coefficient (Wildman–Crippen LogP) is 5.38. The highest BCUT2D eigenvalue weighted by atomic mass is 16.4. The van der Waals surface area contributed by atoms with E-state index in [9.17, 15) is 15.2 Å². The van der Waals surface area contributed by atoms with E-state index in [4.69, 9.17) is 0 Å². The van der Waals surface area contributed by atoms with Crippen LogP contribution in [0.1, 0.15) is 50.7 Å². The van der Waals surface area contributed by atoms with Crippen molar-refractivity contribution in [2.24, 2.45) is 5.41 Å². The van der Waals surface area contributed by atoms with Crippen LogP contribution >= 0.6 is 0 Å². The lowest BCUT2D eigenvalue weighted by Gasteiger charge is -2.29. The number of carboxylic acid groups (broad SMARTS) is 1. The number of fused-ring (bicyclic) bond motifs is 1.